The van der Waals surface area contributed by atoms with E-state index >= 15 is 0 Å². The van der Waals surface area contributed by atoms with Crippen LogP contribution in [0.5, 0.6) is 0 Å². The molecule has 0 N–H and O–H groups in total. The highest BCUT2D eigenvalue weighted by Crippen LogP contribution is 2.42. The average Bonchev–Trinajstić information content (AvgIpc) is 3.24. The van der Waals surface area contributed by atoms with Crippen LogP contribution in [-0.2, 0) is 10.0 Å². The first kappa shape index (κ1) is 16.4. The molecule has 3 atom stereocenters. The summed E-state index contributed by atoms with van der Waals surface area (Å²) in [5.41, 5.74) is 0. The second-order valence-corrected chi connectivity index (χ2v) is 8.71. The average molecular weight is 359 g/mol. The Morgan fingerprint density at radius 1 is 1.16 bits per heavy atom. The zero-order valence-corrected chi connectivity index (χ0v) is 14.9. The molecule has 2 aromatic heterocycles. The van der Waals surface area contributed by atoms with Crippen molar-refractivity contribution in [2.24, 2.45) is 11.8 Å². The normalized spacial score (nSPS) is 26.5. The maximum atomic E-state index is 12.9. The van der Waals surface area contributed by atoms with Gasteiger partial charge in [0.05, 0.1) is 0 Å². The van der Waals surface area contributed by atoms with E-state index in [2.05, 4.69) is 20.1 Å². The van der Waals surface area contributed by atoms with Crippen molar-refractivity contribution in [1.29, 1.82) is 0 Å². The molecule has 0 unspecified atom stereocenters. The van der Waals surface area contributed by atoms with Crippen LogP contribution in [0.4, 0.5) is 5.82 Å². The van der Waals surface area contributed by atoms with E-state index in [1.54, 1.807) is 28.8 Å². The van der Waals surface area contributed by atoms with Gasteiger partial charge in [0.1, 0.15) is 4.90 Å². The number of anilines is 1. The first-order valence-corrected chi connectivity index (χ1v) is 9.92. The number of aromatic nitrogens is 3. The lowest BCUT2D eigenvalue weighted by Gasteiger charge is -2.30. The summed E-state index contributed by atoms with van der Waals surface area (Å²) in [6, 6.07) is 7.38. The minimum absolute atomic E-state index is 0.272. The Balaban J connectivity index is 1.54. The lowest BCUT2D eigenvalue weighted by molar-refractivity contribution is 0.417. The van der Waals surface area contributed by atoms with Crippen molar-refractivity contribution in [3.63, 3.8) is 0 Å². The van der Waals surface area contributed by atoms with Gasteiger partial charge in [0.2, 0.25) is 10.0 Å². The van der Waals surface area contributed by atoms with Crippen LogP contribution >= 0.6 is 0 Å². The van der Waals surface area contributed by atoms with E-state index in [0.717, 1.165) is 18.7 Å². The van der Waals surface area contributed by atoms with Crippen LogP contribution in [0.2, 0.25) is 0 Å². The van der Waals surface area contributed by atoms with Gasteiger partial charge in [-0.1, -0.05) is 0 Å². The van der Waals surface area contributed by atoms with Crippen LogP contribution < -0.4 is 4.90 Å². The molecule has 1 saturated carbocycles. The van der Waals surface area contributed by atoms with Crippen molar-refractivity contribution in [2.45, 2.75) is 23.8 Å². The van der Waals surface area contributed by atoms with E-state index < -0.39 is 10.0 Å². The zero-order valence-electron chi connectivity index (χ0n) is 14.1. The summed E-state index contributed by atoms with van der Waals surface area (Å²) in [4.78, 5) is 6.37. The molecule has 0 spiro atoms. The van der Waals surface area contributed by atoms with Crippen molar-refractivity contribution in [1.82, 2.24) is 19.5 Å². The molecule has 0 bridgehead atoms. The standard InChI is InChI=1S/C17H21N5O2S/c1-21(17-5-3-9-19-20-17)16-7-6-13-11-22(12-15(13)16)25(23,24)14-4-2-8-18-10-14/h2-5,8-10,13,15-16H,6-7,11-12H2,1H3/t13-,15+,16-/m1/s1. The van der Waals surface area contributed by atoms with Gasteiger partial charge in [-0.15, -0.1) is 5.10 Å². The Labute approximate surface area is 147 Å². The molecule has 132 valence electrons. The molecule has 2 fully saturated rings. The molecule has 25 heavy (non-hydrogen) atoms. The molecule has 4 rings (SSSR count). The molecule has 2 aromatic rings. The van der Waals surface area contributed by atoms with E-state index in [1.165, 1.54) is 6.20 Å². The molecule has 8 heteroatoms. The Bertz CT molecular complexity index is 831. The molecule has 1 aliphatic carbocycles. The van der Waals surface area contributed by atoms with Crippen LogP contribution in [0.1, 0.15) is 12.8 Å². The minimum atomic E-state index is -3.47. The SMILES string of the molecule is CN(c1cccnn1)[C@@H]1CC[C@@H]2CN(S(=O)(=O)c3cccnc3)C[C@@H]21. The number of hydrogen-bond acceptors (Lipinski definition) is 6. The van der Waals surface area contributed by atoms with Crippen molar-refractivity contribution in [3.8, 4) is 0 Å². The summed E-state index contributed by atoms with van der Waals surface area (Å²) in [6.45, 7) is 1.14. The number of fused-ring (bicyclic) bond motifs is 1. The molecule has 0 radical (unpaired) electrons. The molecule has 0 aromatic carbocycles. The van der Waals surface area contributed by atoms with Crippen molar-refractivity contribution < 1.29 is 8.42 Å². The zero-order chi connectivity index (χ0) is 17.4. The third-order valence-corrected chi connectivity index (χ3v) is 7.29. The number of hydrogen-bond donors (Lipinski definition) is 0. The summed E-state index contributed by atoms with van der Waals surface area (Å²) >= 11 is 0. The number of nitrogens with zero attached hydrogens (tertiary/aromatic N) is 5. The predicted octanol–water partition coefficient (Wildman–Crippen LogP) is 1.41. The van der Waals surface area contributed by atoms with E-state index in [1.807, 2.05) is 19.2 Å². The van der Waals surface area contributed by atoms with Crippen molar-refractivity contribution in [3.05, 3.63) is 42.9 Å². The van der Waals surface area contributed by atoms with Crippen LogP contribution in [0.15, 0.2) is 47.8 Å². The number of pyridine rings is 1. The molecule has 0 amide bonds. The summed E-state index contributed by atoms with van der Waals surface area (Å²) in [6.07, 6.45) is 6.77. The van der Waals surface area contributed by atoms with Crippen LogP contribution in [0.25, 0.3) is 0 Å². The van der Waals surface area contributed by atoms with E-state index in [4.69, 9.17) is 0 Å². The fourth-order valence-corrected chi connectivity index (χ4v) is 5.67. The van der Waals surface area contributed by atoms with Crippen molar-refractivity contribution >= 4 is 15.8 Å². The van der Waals surface area contributed by atoms with Gasteiger partial charge in [-0.2, -0.15) is 9.40 Å². The van der Waals surface area contributed by atoms with Gasteiger partial charge in [0.15, 0.2) is 5.82 Å². The molecule has 3 heterocycles. The molecule has 1 aliphatic heterocycles. The van der Waals surface area contributed by atoms with Gasteiger partial charge in [-0.3, -0.25) is 4.98 Å². The summed E-state index contributed by atoms with van der Waals surface area (Å²) in [5.74, 6) is 1.55. The smallest absolute Gasteiger partial charge is 0.244 e. The third-order valence-electron chi connectivity index (χ3n) is 5.47. The molecular weight excluding hydrogens is 338 g/mol. The van der Waals surface area contributed by atoms with Crippen LogP contribution in [-0.4, -0.2) is 54.1 Å². The molecule has 1 saturated heterocycles. The van der Waals surface area contributed by atoms with Gasteiger partial charge in [0.25, 0.3) is 0 Å². The maximum Gasteiger partial charge on any atom is 0.244 e. The third kappa shape index (κ3) is 2.89. The van der Waals surface area contributed by atoms with Crippen molar-refractivity contribution in [2.75, 3.05) is 25.0 Å². The Morgan fingerprint density at radius 3 is 2.72 bits per heavy atom. The fraction of sp³-hybridized carbons (Fsp3) is 0.471. The summed E-state index contributed by atoms with van der Waals surface area (Å²) in [5, 5.41) is 8.14. The van der Waals surface area contributed by atoms with Gasteiger partial charge < -0.3 is 4.90 Å². The first-order valence-electron chi connectivity index (χ1n) is 8.48. The predicted molar refractivity (Wildman–Crippen MR) is 93.4 cm³/mol. The topological polar surface area (TPSA) is 79.3 Å². The van der Waals surface area contributed by atoms with E-state index in [0.29, 0.717) is 24.9 Å². The molecule has 2 aliphatic rings. The van der Waals surface area contributed by atoms with Crippen LogP contribution in [0, 0.1) is 11.8 Å². The second kappa shape index (κ2) is 6.34. The highest BCUT2D eigenvalue weighted by Gasteiger charge is 2.47. The lowest BCUT2D eigenvalue weighted by Crippen LogP contribution is -2.39. The molecular formula is C17H21N5O2S. The number of sulfonamides is 1. The molecule has 7 nitrogen and oxygen atoms in total. The largest absolute Gasteiger partial charge is 0.355 e. The summed E-state index contributed by atoms with van der Waals surface area (Å²) in [7, 11) is -1.45. The maximum absolute atomic E-state index is 12.9. The van der Waals surface area contributed by atoms with E-state index in [-0.39, 0.29) is 10.9 Å². The summed E-state index contributed by atoms with van der Waals surface area (Å²) < 4.78 is 27.3. The second-order valence-electron chi connectivity index (χ2n) is 6.77. The Morgan fingerprint density at radius 2 is 2.00 bits per heavy atom. The van der Waals surface area contributed by atoms with Gasteiger partial charge in [-0.25, -0.2) is 8.42 Å². The Kier molecular flexibility index (Phi) is 4.16. The highest BCUT2D eigenvalue weighted by atomic mass is 32.2. The minimum Gasteiger partial charge on any atom is -0.355 e. The number of rotatable bonds is 4. The monoisotopic (exact) mass is 359 g/mol. The lowest BCUT2D eigenvalue weighted by atomic mass is 9.97. The van der Waals surface area contributed by atoms with Crippen LogP contribution in [0.3, 0.4) is 0 Å². The first-order chi connectivity index (χ1) is 12.1. The quantitative estimate of drug-likeness (QED) is 0.821. The van der Waals surface area contributed by atoms with Gasteiger partial charge in [0, 0.05) is 44.8 Å². The fourth-order valence-electron chi connectivity index (χ4n) is 4.17. The van der Waals surface area contributed by atoms with Gasteiger partial charge in [-0.05, 0) is 48.9 Å². The Hall–Kier alpha value is -2.06. The highest BCUT2D eigenvalue weighted by molar-refractivity contribution is 7.89. The van der Waals surface area contributed by atoms with Gasteiger partial charge >= 0.3 is 0 Å². The van der Waals surface area contributed by atoms with E-state index in [9.17, 15) is 8.42 Å².